The Kier molecular flexibility index (Phi) is 7.24. The highest BCUT2D eigenvalue weighted by molar-refractivity contribution is 7.09. The third kappa shape index (κ3) is 6.04. The predicted molar refractivity (Wildman–Crippen MR) is 109 cm³/mol. The van der Waals surface area contributed by atoms with Gasteiger partial charge in [-0.05, 0) is 57.8 Å². The number of piperidine rings is 1. The van der Waals surface area contributed by atoms with Gasteiger partial charge in [-0.15, -0.1) is 11.3 Å². The summed E-state index contributed by atoms with van der Waals surface area (Å²) in [6.07, 6.45) is 3.82. The summed E-state index contributed by atoms with van der Waals surface area (Å²) in [5.41, 5.74) is 2.06. The molecule has 0 saturated carbocycles. The van der Waals surface area contributed by atoms with E-state index in [1.807, 2.05) is 41.6 Å². The number of likely N-dealkylation sites (tertiary alicyclic amines) is 1. The van der Waals surface area contributed by atoms with Gasteiger partial charge >= 0.3 is 0 Å². The first kappa shape index (κ1) is 19.8. The van der Waals surface area contributed by atoms with Crippen LogP contribution in [0.2, 0.25) is 0 Å². The number of aromatic nitrogens is 1. The van der Waals surface area contributed by atoms with Crippen molar-refractivity contribution >= 4 is 17.2 Å². The van der Waals surface area contributed by atoms with Gasteiger partial charge in [-0.3, -0.25) is 4.79 Å². The number of hydrogen-bond acceptors (Lipinski definition) is 5. The Morgan fingerprint density at radius 2 is 2.04 bits per heavy atom. The zero-order valence-electron chi connectivity index (χ0n) is 16.2. The van der Waals surface area contributed by atoms with Crippen molar-refractivity contribution in [1.82, 2.24) is 15.2 Å². The van der Waals surface area contributed by atoms with Crippen molar-refractivity contribution in [2.24, 2.45) is 5.92 Å². The fourth-order valence-corrected chi connectivity index (χ4v) is 4.07. The molecule has 0 atom stereocenters. The molecule has 2 aromatic rings. The van der Waals surface area contributed by atoms with Crippen molar-refractivity contribution < 1.29 is 9.53 Å². The van der Waals surface area contributed by atoms with Crippen LogP contribution in [0.5, 0.6) is 5.75 Å². The molecule has 6 heteroatoms. The number of ether oxygens (including phenoxy) is 1. The number of benzene rings is 1. The molecular formula is C21H29N3O2S. The van der Waals surface area contributed by atoms with E-state index in [1.54, 1.807) is 11.3 Å². The maximum absolute atomic E-state index is 12.6. The Hall–Kier alpha value is -1.92. The lowest BCUT2D eigenvalue weighted by Crippen LogP contribution is -2.39. The molecule has 0 radical (unpaired) electrons. The summed E-state index contributed by atoms with van der Waals surface area (Å²) in [6.45, 7) is 5.31. The van der Waals surface area contributed by atoms with E-state index < -0.39 is 0 Å². The largest absolute Gasteiger partial charge is 0.486 e. The Morgan fingerprint density at radius 1 is 1.30 bits per heavy atom. The van der Waals surface area contributed by atoms with E-state index in [0.29, 0.717) is 13.0 Å². The van der Waals surface area contributed by atoms with Crippen LogP contribution in [0.25, 0.3) is 0 Å². The van der Waals surface area contributed by atoms with Crippen LogP contribution in [0, 0.1) is 12.8 Å². The highest BCUT2D eigenvalue weighted by Crippen LogP contribution is 2.21. The van der Waals surface area contributed by atoms with E-state index in [-0.39, 0.29) is 5.91 Å². The summed E-state index contributed by atoms with van der Waals surface area (Å²) in [7, 11) is 1.99. The molecule has 0 unspecified atom stereocenters. The zero-order chi connectivity index (χ0) is 19.1. The number of rotatable bonds is 8. The van der Waals surface area contributed by atoms with Gasteiger partial charge < -0.3 is 15.0 Å². The van der Waals surface area contributed by atoms with E-state index in [9.17, 15) is 4.79 Å². The molecule has 1 aliphatic rings. The van der Waals surface area contributed by atoms with Crippen molar-refractivity contribution in [3.05, 3.63) is 45.9 Å². The van der Waals surface area contributed by atoms with Crippen molar-refractivity contribution in [3.8, 4) is 5.75 Å². The van der Waals surface area contributed by atoms with Crippen molar-refractivity contribution in [2.45, 2.75) is 39.2 Å². The minimum absolute atomic E-state index is 0.193. The van der Waals surface area contributed by atoms with Gasteiger partial charge in [0.15, 0.2) is 0 Å². The van der Waals surface area contributed by atoms with Gasteiger partial charge in [-0.1, -0.05) is 17.7 Å². The second-order valence-corrected chi connectivity index (χ2v) is 8.17. The first-order valence-electron chi connectivity index (χ1n) is 9.69. The maximum atomic E-state index is 12.6. The highest BCUT2D eigenvalue weighted by Gasteiger charge is 2.23. The molecule has 2 heterocycles. The number of nitrogens with zero attached hydrogens (tertiary/aromatic N) is 2. The Morgan fingerprint density at radius 3 is 2.74 bits per heavy atom. The normalized spacial score (nSPS) is 15.1. The number of amides is 1. The fourth-order valence-electron chi connectivity index (χ4n) is 3.36. The number of hydrogen-bond donors (Lipinski definition) is 1. The molecule has 1 aromatic carbocycles. The molecule has 0 spiro atoms. The molecule has 1 aromatic heterocycles. The Balaban J connectivity index is 1.43. The van der Waals surface area contributed by atoms with Gasteiger partial charge in [0.25, 0.3) is 0 Å². The van der Waals surface area contributed by atoms with Crippen LogP contribution in [-0.2, 0) is 17.8 Å². The van der Waals surface area contributed by atoms with E-state index in [2.05, 4.69) is 17.2 Å². The minimum Gasteiger partial charge on any atom is -0.486 e. The molecule has 1 fully saturated rings. The summed E-state index contributed by atoms with van der Waals surface area (Å²) in [5, 5.41) is 6.09. The van der Waals surface area contributed by atoms with Crippen molar-refractivity contribution in [1.29, 1.82) is 0 Å². The summed E-state index contributed by atoms with van der Waals surface area (Å²) < 4.78 is 5.77. The smallest absolute Gasteiger partial charge is 0.228 e. The molecule has 1 amide bonds. The predicted octanol–water partition coefficient (Wildman–Crippen LogP) is 3.42. The van der Waals surface area contributed by atoms with E-state index >= 15 is 0 Å². The van der Waals surface area contributed by atoms with Crippen LogP contribution in [0.3, 0.4) is 0 Å². The Labute approximate surface area is 165 Å². The summed E-state index contributed by atoms with van der Waals surface area (Å²) in [5.74, 6) is 1.78. The lowest BCUT2D eigenvalue weighted by atomic mass is 9.93. The lowest BCUT2D eigenvalue weighted by molar-refractivity contribution is -0.131. The molecule has 0 bridgehead atoms. The van der Waals surface area contributed by atoms with Gasteiger partial charge in [-0.25, -0.2) is 4.98 Å². The molecule has 0 aliphatic carbocycles. The molecule has 146 valence electrons. The SMILES string of the molecule is CNCCC1CCN(C(=O)Cc2csc(COc3ccc(C)cc3)n2)CC1. The zero-order valence-corrected chi connectivity index (χ0v) is 17.1. The second-order valence-electron chi connectivity index (χ2n) is 7.23. The molecule has 3 rings (SSSR count). The van der Waals surface area contributed by atoms with Gasteiger partial charge in [0.2, 0.25) is 5.91 Å². The van der Waals surface area contributed by atoms with E-state index in [1.165, 1.54) is 12.0 Å². The molecule has 1 aliphatic heterocycles. The Bertz CT molecular complexity index is 721. The maximum Gasteiger partial charge on any atom is 0.228 e. The van der Waals surface area contributed by atoms with E-state index in [0.717, 1.165) is 54.8 Å². The van der Waals surface area contributed by atoms with Gasteiger partial charge in [0.1, 0.15) is 17.4 Å². The quantitative estimate of drug-likeness (QED) is 0.754. The third-order valence-corrected chi connectivity index (χ3v) is 5.96. The van der Waals surface area contributed by atoms with Crippen molar-refractivity contribution in [3.63, 3.8) is 0 Å². The number of carbonyl (C=O) groups is 1. The first-order chi connectivity index (χ1) is 13.1. The molecular weight excluding hydrogens is 358 g/mol. The lowest BCUT2D eigenvalue weighted by Gasteiger charge is -2.32. The number of nitrogens with one attached hydrogen (secondary N) is 1. The summed E-state index contributed by atoms with van der Waals surface area (Å²) in [6, 6.07) is 7.99. The standard InChI is InChI=1S/C21H29N3O2S/c1-16-3-5-19(6-4-16)26-14-20-23-18(15-27-20)13-21(25)24-11-8-17(9-12-24)7-10-22-2/h3-6,15,17,22H,7-14H2,1-2H3. The van der Waals surface area contributed by atoms with Gasteiger partial charge in [0.05, 0.1) is 12.1 Å². The first-order valence-corrected chi connectivity index (χ1v) is 10.6. The monoisotopic (exact) mass is 387 g/mol. The fraction of sp³-hybridized carbons (Fsp3) is 0.524. The number of thiazole rings is 1. The highest BCUT2D eigenvalue weighted by atomic mass is 32.1. The van der Waals surface area contributed by atoms with Gasteiger partial charge in [0, 0.05) is 18.5 Å². The average molecular weight is 388 g/mol. The minimum atomic E-state index is 0.193. The summed E-state index contributed by atoms with van der Waals surface area (Å²) >= 11 is 1.56. The second kappa shape index (κ2) is 9.85. The topological polar surface area (TPSA) is 54.5 Å². The molecule has 27 heavy (non-hydrogen) atoms. The van der Waals surface area contributed by atoms with Gasteiger partial charge in [-0.2, -0.15) is 0 Å². The number of aryl methyl sites for hydroxylation is 1. The molecule has 1 N–H and O–H groups in total. The summed E-state index contributed by atoms with van der Waals surface area (Å²) in [4.78, 5) is 19.1. The van der Waals surface area contributed by atoms with Crippen LogP contribution in [0.1, 0.15) is 35.5 Å². The molecule has 5 nitrogen and oxygen atoms in total. The van der Waals surface area contributed by atoms with Crippen molar-refractivity contribution in [2.75, 3.05) is 26.7 Å². The average Bonchev–Trinajstić information content (AvgIpc) is 3.13. The van der Waals surface area contributed by atoms with Crippen LogP contribution in [0.15, 0.2) is 29.6 Å². The van der Waals surface area contributed by atoms with Crippen LogP contribution < -0.4 is 10.1 Å². The van der Waals surface area contributed by atoms with E-state index in [4.69, 9.17) is 4.74 Å². The molecule has 1 saturated heterocycles. The third-order valence-electron chi connectivity index (χ3n) is 5.08. The van der Waals surface area contributed by atoms with Crippen LogP contribution >= 0.6 is 11.3 Å². The van der Waals surface area contributed by atoms with Crippen LogP contribution in [0.4, 0.5) is 0 Å². The number of carbonyl (C=O) groups excluding carboxylic acids is 1. The van der Waals surface area contributed by atoms with Crippen LogP contribution in [-0.4, -0.2) is 42.5 Å².